The van der Waals surface area contributed by atoms with Crippen molar-refractivity contribution in [3.63, 3.8) is 0 Å². The maximum Gasteiger partial charge on any atom is 0.695 e. The minimum Gasteiger partial charge on any atom is -0.509 e. The molecular weight excluding hydrogens is 141 g/mol. The number of hydrogen-bond acceptors (Lipinski definition) is 3. The Hall–Kier alpha value is -1.16. The zero-order valence-electron chi connectivity index (χ0n) is 6.20. The molecular formula is C7H8BNO2. The van der Waals surface area contributed by atoms with E-state index in [2.05, 4.69) is 0 Å². The van der Waals surface area contributed by atoms with Crippen molar-refractivity contribution in [2.45, 2.75) is 6.92 Å². The lowest BCUT2D eigenvalue weighted by Crippen LogP contribution is -2.35. The zero-order chi connectivity index (χ0) is 7.84. The van der Waals surface area contributed by atoms with E-state index < -0.39 is 7.25 Å². The van der Waals surface area contributed by atoms with E-state index in [1.165, 1.54) is 0 Å². The van der Waals surface area contributed by atoms with Crippen LogP contribution in [0.1, 0.15) is 5.56 Å². The molecule has 1 aliphatic rings. The van der Waals surface area contributed by atoms with Gasteiger partial charge in [0, 0.05) is 0 Å². The first-order valence-electron chi connectivity index (χ1n) is 3.45. The van der Waals surface area contributed by atoms with Crippen LogP contribution in [0, 0.1) is 6.92 Å². The van der Waals surface area contributed by atoms with Crippen LogP contribution in [0.3, 0.4) is 0 Å². The first-order valence-corrected chi connectivity index (χ1v) is 3.45. The Bertz CT molecular complexity index is 290. The molecule has 4 heteroatoms. The summed E-state index contributed by atoms with van der Waals surface area (Å²) >= 11 is 0. The van der Waals surface area contributed by atoms with Gasteiger partial charge in [-0.2, -0.15) is 0 Å². The summed E-state index contributed by atoms with van der Waals surface area (Å²) in [5.41, 5.74) is 6.53. The van der Waals surface area contributed by atoms with Gasteiger partial charge in [-0.05, 0) is 24.6 Å². The van der Waals surface area contributed by atoms with E-state index >= 15 is 0 Å². The average Bonchev–Trinajstić information content (AvgIpc) is 2.27. The van der Waals surface area contributed by atoms with Crippen LogP contribution in [0.15, 0.2) is 18.2 Å². The Kier molecular flexibility index (Phi) is 1.29. The SMILES string of the molecule is Cc1ccc2c(c1)OB(N)O2. The van der Waals surface area contributed by atoms with E-state index in [1.54, 1.807) is 0 Å². The van der Waals surface area contributed by atoms with Gasteiger partial charge >= 0.3 is 7.25 Å². The van der Waals surface area contributed by atoms with Gasteiger partial charge in [-0.15, -0.1) is 0 Å². The molecule has 3 nitrogen and oxygen atoms in total. The molecule has 1 aromatic rings. The lowest BCUT2D eigenvalue weighted by atomic mass is 10.2. The largest absolute Gasteiger partial charge is 0.695 e. The lowest BCUT2D eigenvalue weighted by molar-refractivity contribution is 0.501. The summed E-state index contributed by atoms with van der Waals surface area (Å²) in [6, 6.07) is 5.72. The fourth-order valence-corrected chi connectivity index (χ4v) is 1.08. The van der Waals surface area contributed by atoms with Crippen molar-refractivity contribution in [1.29, 1.82) is 0 Å². The molecule has 0 radical (unpaired) electrons. The highest BCUT2D eigenvalue weighted by Gasteiger charge is 2.27. The van der Waals surface area contributed by atoms with Crippen LogP contribution in [-0.4, -0.2) is 7.25 Å². The summed E-state index contributed by atoms with van der Waals surface area (Å²) in [6.07, 6.45) is 0. The fraction of sp³-hybridized carbons (Fsp3) is 0.143. The smallest absolute Gasteiger partial charge is 0.509 e. The number of nitrogens with two attached hydrogens (primary N) is 1. The van der Waals surface area contributed by atoms with E-state index in [9.17, 15) is 0 Å². The van der Waals surface area contributed by atoms with Gasteiger partial charge in [0.2, 0.25) is 0 Å². The van der Waals surface area contributed by atoms with Gasteiger partial charge in [0.25, 0.3) is 0 Å². The minimum atomic E-state index is -0.633. The fourth-order valence-electron chi connectivity index (χ4n) is 1.08. The van der Waals surface area contributed by atoms with Gasteiger partial charge in [-0.3, -0.25) is 5.64 Å². The number of benzene rings is 1. The van der Waals surface area contributed by atoms with Gasteiger partial charge in [0.05, 0.1) is 0 Å². The Balaban J connectivity index is 2.43. The molecule has 0 spiro atoms. The van der Waals surface area contributed by atoms with E-state index in [4.69, 9.17) is 15.0 Å². The second-order valence-electron chi connectivity index (χ2n) is 2.55. The molecule has 1 heterocycles. The molecule has 0 saturated carbocycles. The quantitative estimate of drug-likeness (QED) is 0.552. The zero-order valence-corrected chi connectivity index (χ0v) is 6.20. The van der Waals surface area contributed by atoms with Crippen LogP contribution in [0.2, 0.25) is 0 Å². The predicted octanol–water partition coefficient (Wildman–Crippen LogP) is 0.710. The van der Waals surface area contributed by atoms with Crippen LogP contribution in [0.4, 0.5) is 0 Å². The third-order valence-electron chi connectivity index (χ3n) is 1.59. The number of aryl methyl sites for hydroxylation is 1. The van der Waals surface area contributed by atoms with E-state index in [-0.39, 0.29) is 0 Å². The van der Waals surface area contributed by atoms with Crippen LogP contribution >= 0.6 is 0 Å². The van der Waals surface area contributed by atoms with Crippen LogP contribution < -0.4 is 15.0 Å². The summed E-state index contributed by atoms with van der Waals surface area (Å²) in [7, 11) is -0.633. The van der Waals surface area contributed by atoms with Crippen LogP contribution in [0.5, 0.6) is 11.5 Å². The summed E-state index contributed by atoms with van der Waals surface area (Å²) in [6.45, 7) is 1.99. The molecule has 0 aliphatic carbocycles. The van der Waals surface area contributed by atoms with E-state index in [0.29, 0.717) is 0 Å². The lowest BCUT2D eigenvalue weighted by Gasteiger charge is -1.96. The second-order valence-corrected chi connectivity index (χ2v) is 2.55. The molecule has 1 aromatic carbocycles. The predicted molar refractivity (Wildman–Crippen MR) is 42.4 cm³/mol. The van der Waals surface area contributed by atoms with Crippen molar-refractivity contribution in [2.24, 2.45) is 5.64 Å². The Morgan fingerprint density at radius 1 is 1.27 bits per heavy atom. The van der Waals surface area contributed by atoms with Gasteiger partial charge in [0.1, 0.15) is 11.5 Å². The highest BCUT2D eigenvalue weighted by molar-refractivity contribution is 6.43. The molecule has 0 saturated heterocycles. The Morgan fingerprint density at radius 2 is 2.00 bits per heavy atom. The first kappa shape index (κ1) is 6.55. The van der Waals surface area contributed by atoms with Crippen molar-refractivity contribution in [3.8, 4) is 11.5 Å². The third-order valence-corrected chi connectivity index (χ3v) is 1.59. The standard InChI is InChI=1S/C7H8BNO2/c1-5-2-3-6-7(4-5)11-8(9)10-6/h2-4H,9H2,1H3. The normalized spacial score (nSPS) is 13.8. The molecule has 0 aromatic heterocycles. The van der Waals surface area contributed by atoms with Crippen molar-refractivity contribution in [1.82, 2.24) is 0 Å². The molecule has 2 rings (SSSR count). The molecule has 0 fully saturated rings. The first-order chi connectivity index (χ1) is 5.25. The maximum atomic E-state index is 5.39. The second kappa shape index (κ2) is 2.17. The molecule has 0 unspecified atom stereocenters. The third kappa shape index (κ3) is 1.05. The molecule has 56 valence electrons. The van der Waals surface area contributed by atoms with E-state index in [0.717, 1.165) is 17.1 Å². The van der Waals surface area contributed by atoms with Crippen molar-refractivity contribution in [2.75, 3.05) is 0 Å². The van der Waals surface area contributed by atoms with Crippen molar-refractivity contribution >= 4 is 7.25 Å². The Morgan fingerprint density at radius 3 is 2.82 bits per heavy atom. The highest BCUT2D eigenvalue weighted by Crippen LogP contribution is 2.32. The molecule has 0 amide bonds. The molecule has 0 atom stereocenters. The topological polar surface area (TPSA) is 44.5 Å². The monoisotopic (exact) mass is 149 g/mol. The molecule has 1 aliphatic heterocycles. The van der Waals surface area contributed by atoms with Gasteiger partial charge in [-0.1, -0.05) is 6.07 Å². The Labute approximate surface area is 65.3 Å². The average molecular weight is 149 g/mol. The maximum absolute atomic E-state index is 5.39. The summed E-state index contributed by atoms with van der Waals surface area (Å²) in [5.74, 6) is 1.46. The van der Waals surface area contributed by atoms with Crippen LogP contribution in [0.25, 0.3) is 0 Å². The van der Waals surface area contributed by atoms with E-state index in [1.807, 2.05) is 25.1 Å². The van der Waals surface area contributed by atoms with Gasteiger partial charge in [-0.25, -0.2) is 0 Å². The molecule has 2 N–H and O–H groups in total. The highest BCUT2D eigenvalue weighted by atomic mass is 16.6. The summed E-state index contributed by atoms with van der Waals surface area (Å²) < 4.78 is 10.3. The molecule has 0 bridgehead atoms. The van der Waals surface area contributed by atoms with Crippen molar-refractivity contribution < 1.29 is 9.31 Å². The number of hydrogen-bond donors (Lipinski definition) is 1. The molecule has 11 heavy (non-hydrogen) atoms. The summed E-state index contributed by atoms with van der Waals surface area (Å²) in [4.78, 5) is 0. The number of rotatable bonds is 0. The number of fused-ring (bicyclic) bond motifs is 1. The minimum absolute atomic E-state index is 0.633. The van der Waals surface area contributed by atoms with Gasteiger partial charge in [0.15, 0.2) is 0 Å². The van der Waals surface area contributed by atoms with Crippen molar-refractivity contribution in [3.05, 3.63) is 23.8 Å². The van der Waals surface area contributed by atoms with Gasteiger partial charge < -0.3 is 9.31 Å². The summed E-state index contributed by atoms with van der Waals surface area (Å²) in [5, 5.41) is 0. The van der Waals surface area contributed by atoms with Crippen LogP contribution in [-0.2, 0) is 0 Å².